The van der Waals surface area contributed by atoms with E-state index in [4.69, 9.17) is 11.5 Å². The van der Waals surface area contributed by atoms with Gasteiger partial charge in [-0.1, -0.05) is 0 Å². The Balaban J connectivity index is 2.14. The van der Waals surface area contributed by atoms with E-state index in [9.17, 15) is 0 Å². The third kappa shape index (κ3) is 1.68. The number of rotatable bonds is 2. The number of nitrogens with one attached hydrogen (secondary N) is 2. The van der Waals surface area contributed by atoms with E-state index in [0.717, 1.165) is 0 Å². The van der Waals surface area contributed by atoms with E-state index in [1.165, 1.54) is 0 Å². The normalized spacial score (nSPS) is 11.1. The van der Waals surface area contributed by atoms with Gasteiger partial charge < -0.3 is 11.5 Å². The van der Waals surface area contributed by atoms with Crippen LogP contribution in [0.25, 0.3) is 12.2 Å². The Labute approximate surface area is 78.4 Å². The number of nitrogens with zero attached hydrogens (tertiary/aromatic N) is 4. The summed E-state index contributed by atoms with van der Waals surface area (Å²) in [6.45, 7) is 0. The fourth-order valence-corrected chi connectivity index (χ4v) is 0.883. The molecule has 0 aliphatic heterocycles. The van der Waals surface area contributed by atoms with Crippen molar-refractivity contribution in [1.82, 2.24) is 30.4 Å². The standard InChI is InChI=1S/C6H8N8/c7-5-9-3(11-13-5)1-2-4-10-6(8)14-12-4/h1-2H,(H3,7,9,11,13)(H3,8,10,12,14)/b2-1-. The lowest BCUT2D eigenvalue weighted by molar-refractivity contribution is 1.08. The van der Waals surface area contributed by atoms with Crippen LogP contribution in [0.15, 0.2) is 0 Å². The van der Waals surface area contributed by atoms with Crippen molar-refractivity contribution in [2.75, 3.05) is 11.5 Å². The Morgan fingerprint density at radius 3 is 1.57 bits per heavy atom. The SMILES string of the molecule is Nc1n[nH]c(/C=C\c2nc(N)n[nH]2)n1. The van der Waals surface area contributed by atoms with Gasteiger partial charge in [-0.25, -0.2) is 0 Å². The van der Waals surface area contributed by atoms with Gasteiger partial charge in [0, 0.05) is 0 Å². The van der Waals surface area contributed by atoms with Gasteiger partial charge in [0.1, 0.15) is 0 Å². The number of aromatic nitrogens is 6. The van der Waals surface area contributed by atoms with Crippen molar-refractivity contribution in [2.24, 2.45) is 0 Å². The molecular formula is C6H8N8. The molecule has 14 heavy (non-hydrogen) atoms. The molecule has 0 aromatic carbocycles. The molecule has 2 aromatic rings. The van der Waals surface area contributed by atoms with Crippen molar-refractivity contribution in [3.8, 4) is 0 Å². The predicted molar refractivity (Wildman–Crippen MR) is 50.5 cm³/mol. The Kier molecular flexibility index (Phi) is 1.86. The van der Waals surface area contributed by atoms with E-state index in [1.807, 2.05) is 0 Å². The zero-order valence-electron chi connectivity index (χ0n) is 7.10. The third-order valence-electron chi connectivity index (χ3n) is 1.44. The summed E-state index contributed by atoms with van der Waals surface area (Å²) in [5.74, 6) is 1.47. The lowest BCUT2D eigenvalue weighted by atomic mass is 10.4. The molecule has 2 heterocycles. The summed E-state index contributed by atoms with van der Waals surface area (Å²) in [6, 6.07) is 0. The van der Waals surface area contributed by atoms with Gasteiger partial charge in [0.25, 0.3) is 0 Å². The Morgan fingerprint density at radius 1 is 0.857 bits per heavy atom. The topological polar surface area (TPSA) is 135 Å². The molecule has 2 aromatic heterocycles. The van der Waals surface area contributed by atoms with Crippen LogP contribution in [0, 0.1) is 0 Å². The van der Waals surface area contributed by atoms with Crippen LogP contribution in [0.3, 0.4) is 0 Å². The highest BCUT2D eigenvalue weighted by Gasteiger charge is 1.96. The summed E-state index contributed by atoms with van der Waals surface area (Å²) in [7, 11) is 0. The van der Waals surface area contributed by atoms with E-state index < -0.39 is 0 Å². The zero-order valence-corrected chi connectivity index (χ0v) is 7.10. The molecule has 0 fully saturated rings. The molecular weight excluding hydrogens is 184 g/mol. The van der Waals surface area contributed by atoms with Gasteiger partial charge in [0.2, 0.25) is 11.9 Å². The van der Waals surface area contributed by atoms with Crippen LogP contribution in [-0.2, 0) is 0 Å². The van der Waals surface area contributed by atoms with Crippen LogP contribution in [0.5, 0.6) is 0 Å². The molecule has 0 radical (unpaired) electrons. The fourth-order valence-electron chi connectivity index (χ4n) is 0.883. The van der Waals surface area contributed by atoms with Crippen LogP contribution in [0.4, 0.5) is 11.9 Å². The molecule has 6 N–H and O–H groups in total. The van der Waals surface area contributed by atoms with E-state index in [2.05, 4.69) is 30.4 Å². The second-order valence-corrected chi connectivity index (χ2v) is 2.49. The van der Waals surface area contributed by atoms with Crippen molar-refractivity contribution in [1.29, 1.82) is 0 Å². The maximum absolute atomic E-state index is 5.31. The molecule has 0 saturated carbocycles. The molecule has 0 spiro atoms. The largest absolute Gasteiger partial charge is 0.366 e. The second kappa shape index (κ2) is 3.17. The average molecular weight is 192 g/mol. The first-order valence-corrected chi connectivity index (χ1v) is 3.78. The van der Waals surface area contributed by atoms with Crippen LogP contribution in [-0.4, -0.2) is 30.4 Å². The van der Waals surface area contributed by atoms with Gasteiger partial charge in [-0.15, -0.1) is 10.2 Å². The molecule has 0 aliphatic carbocycles. The van der Waals surface area contributed by atoms with Crippen LogP contribution >= 0.6 is 0 Å². The zero-order chi connectivity index (χ0) is 9.97. The Hall–Kier alpha value is -2.38. The van der Waals surface area contributed by atoms with E-state index in [-0.39, 0.29) is 11.9 Å². The van der Waals surface area contributed by atoms with Crippen LogP contribution in [0.1, 0.15) is 11.6 Å². The number of nitrogen functional groups attached to an aromatic ring is 2. The summed E-state index contributed by atoms with van der Waals surface area (Å²) in [5.41, 5.74) is 10.6. The maximum atomic E-state index is 5.31. The minimum atomic E-state index is 0.196. The monoisotopic (exact) mass is 192 g/mol. The summed E-state index contributed by atoms with van der Waals surface area (Å²) in [6.07, 6.45) is 3.31. The lowest BCUT2D eigenvalue weighted by Crippen LogP contribution is -1.85. The highest BCUT2D eigenvalue weighted by atomic mass is 15.3. The summed E-state index contributed by atoms with van der Waals surface area (Å²) in [4.78, 5) is 7.73. The summed E-state index contributed by atoms with van der Waals surface area (Å²) < 4.78 is 0. The first-order chi connectivity index (χ1) is 6.74. The number of nitrogens with two attached hydrogens (primary N) is 2. The molecule has 0 atom stereocenters. The number of hydrogen-bond acceptors (Lipinski definition) is 6. The molecule has 0 unspecified atom stereocenters. The highest BCUT2D eigenvalue weighted by Crippen LogP contribution is 2.01. The summed E-state index contributed by atoms with van der Waals surface area (Å²) >= 11 is 0. The second-order valence-electron chi connectivity index (χ2n) is 2.49. The molecule has 0 aliphatic rings. The van der Waals surface area contributed by atoms with E-state index in [1.54, 1.807) is 12.2 Å². The van der Waals surface area contributed by atoms with Crippen LogP contribution in [0.2, 0.25) is 0 Å². The quantitative estimate of drug-likeness (QED) is 0.494. The molecule has 8 nitrogen and oxygen atoms in total. The van der Waals surface area contributed by atoms with Gasteiger partial charge in [-0.2, -0.15) is 9.97 Å². The molecule has 0 saturated heterocycles. The molecule has 0 amide bonds. The van der Waals surface area contributed by atoms with Gasteiger partial charge in [0.15, 0.2) is 11.6 Å². The minimum absolute atomic E-state index is 0.196. The van der Waals surface area contributed by atoms with Gasteiger partial charge >= 0.3 is 0 Å². The fraction of sp³-hybridized carbons (Fsp3) is 0. The lowest BCUT2D eigenvalue weighted by Gasteiger charge is -1.81. The van der Waals surface area contributed by atoms with Crippen molar-refractivity contribution in [3.63, 3.8) is 0 Å². The third-order valence-corrected chi connectivity index (χ3v) is 1.44. The smallest absolute Gasteiger partial charge is 0.239 e. The minimum Gasteiger partial charge on any atom is -0.366 e. The maximum Gasteiger partial charge on any atom is 0.239 e. The highest BCUT2D eigenvalue weighted by molar-refractivity contribution is 5.63. The first-order valence-electron chi connectivity index (χ1n) is 3.78. The predicted octanol–water partition coefficient (Wildman–Crippen LogP) is -0.742. The number of anilines is 2. The first kappa shape index (κ1) is 8.23. The molecule has 2 rings (SSSR count). The molecule has 72 valence electrons. The molecule has 0 bridgehead atoms. The summed E-state index contributed by atoms with van der Waals surface area (Å²) in [5, 5.41) is 12.5. The average Bonchev–Trinajstić information content (AvgIpc) is 2.72. The van der Waals surface area contributed by atoms with Crippen molar-refractivity contribution in [2.45, 2.75) is 0 Å². The Bertz CT molecular complexity index is 410. The van der Waals surface area contributed by atoms with Crippen molar-refractivity contribution < 1.29 is 0 Å². The van der Waals surface area contributed by atoms with Gasteiger partial charge in [0.05, 0.1) is 0 Å². The van der Waals surface area contributed by atoms with Gasteiger partial charge in [-0.05, 0) is 12.2 Å². The molecule has 8 heteroatoms. The number of hydrogen-bond donors (Lipinski definition) is 4. The van der Waals surface area contributed by atoms with Crippen molar-refractivity contribution in [3.05, 3.63) is 11.6 Å². The van der Waals surface area contributed by atoms with E-state index >= 15 is 0 Å². The Morgan fingerprint density at radius 2 is 1.29 bits per heavy atom. The van der Waals surface area contributed by atoms with Crippen molar-refractivity contribution >= 4 is 24.0 Å². The van der Waals surface area contributed by atoms with E-state index in [0.29, 0.717) is 11.6 Å². The number of H-pyrrole nitrogens is 2. The van der Waals surface area contributed by atoms with Gasteiger partial charge in [-0.3, -0.25) is 10.2 Å². The van der Waals surface area contributed by atoms with Crippen LogP contribution < -0.4 is 11.5 Å². The number of aromatic amines is 2.